The van der Waals surface area contributed by atoms with Crippen molar-refractivity contribution in [3.05, 3.63) is 17.5 Å². The Balaban J connectivity index is 2.78. The molecule has 0 bridgehead atoms. The first-order chi connectivity index (χ1) is 6.71. The first kappa shape index (κ1) is 11.2. The highest BCUT2D eigenvalue weighted by Gasteiger charge is 2.09. The standard InChI is InChI=1S/C11H20N2O/c1-4-10-7-11(6-9(3)8-14)13(5-2)12-10/h7,9,14H,4-6,8H2,1-3H3. The minimum Gasteiger partial charge on any atom is -0.396 e. The molecule has 1 aromatic rings. The molecule has 0 saturated heterocycles. The Kier molecular flexibility index (Phi) is 4.14. The molecule has 1 unspecified atom stereocenters. The molecule has 0 saturated carbocycles. The van der Waals surface area contributed by atoms with E-state index in [1.165, 1.54) is 5.69 Å². The van der Waals surface area contributed by atoms with Gasteiger partial charge in [-0.3, -0.25) is 4.68 Å². The maximum atomic E-state index is 8.99. The summed E-state index contributed by atoms with van der Waals surface area (Å²) < 4.78 is 2.03. The van der Waals surface area contributed by atoms with Gasteiger partial charge < -0.3 is 5.11 Å². The second-order valence-corrected chi connectivity index (χ2v) is 3.79. The third kappa shape index (κ3) is 2.58. The summed E-state index contributed by atoms with van der Waals surface area (Å²) in [5, 5.41) is 13.5. The maximum absolute atomic E-state index is 8.99. The Bertz CT molecular complexity index is 281. The van der Waals surface area contributed by atoms with Crippen LogP contribution in [0.5, 0.6) is 0 Å². The summed E-state index contributed by atoms with van der Waals surface area (Å²) in [6.45, 7) is 7.42. The van der Waals surface area contributed by atoms with Gasteiger partial charge in [-0.15, -0.1) is 0 Å². The van der Waals surface area contributed by atoms with Crippen LogP contribution in [0.3, 0.4) is 0 Å². The van der Waals surface area contributed by atoms with E-state index < -0.39 is 0 Å². The van der Waals surface area contributed by atoms with Crippen LogP contribution in [0.4, 0.5) is 0 Å². The molecule has 0 aliphatic carbocycles. The molecule has 80 valence electrons. The molecule has 1 atom stereocenters. The Morgan fingerprint density at radius 1 is 1.50 bits per heavy atom. The van der Waals surface area contributed by atoms with Gasteiger partial charge in [-0.2, -0.15) is 5.10 Å². The number of hydrogen-bond donors (Lipinski definition) is 1. The summed E-state index contributed by atoms with van der Waals surface area (Å²) in [5.41, 5.74) is 2.39. The molecule has 3 heteroatoms. The first-order valence-electron chi connectivity index (χ1n) is 5.37. The van der Waals surface area contributed by atoms with Crippen LogP contribution in [-0.4, -0.2) is 21.5 Å². The van der Waals surface area contributed by atoms with Crippen LogP contribution >= 0.6 is 0 Å². The number of rotatable bonds is 5. The maximum Gasteiger partial charge on any atom is 0.0624 e. The predicted molar refractivity (Wildman–Crippen MR) is 57.2 cm³/mol. The van der Waals surface area contributed by atoms with E-state index in [2.05, 4.69) is 31.9 Å². The zero-order valence-corrected chi connectivity index (χ0v) is 9.32. The molecule has 0 aliphatic heterocycles. The van der Waals surface area contributed by atoms with Crippen molar-refractivity contribution in [1.82, 2.24) is 9.78 Å². The molecule has 1 rings (SSSR count). The lowest BCUT2D eigenvalue weighted by molar-refractivity contribution is 0.235. The van der Waals surface area contributed by atoms with Crippen LogP contribution in [0, 0.1) is 5.92 Å². The van der Waals surface area contributed by atoms with Crippen LogP contribution in [0.1, 0.15) is 32.2 Å². The molecule has 1 aromatic heterocycles. The molecular formula is C11H20N2O. The molecule has 0 spiro atoms. The van der Waals surface area contributed by atoms with Gasteiger partial charge in [0.2, 0.25) is 0 Å². The van der Waals surface area contributed by atoms with Crippen LogP contribution < -0.4 is 0 Å². The summed E-state index contributed by atoms with van der Waals surface area (Å²) in [7, 11) is 0. The van der Waals surface area contributed by atoms with E-state index in [0.717, 1.165) is 25.1 Å². The van der Waals surface area contributed by atoms with Crippen molar-refractivity contribution in [1.29, 1.82) is 0 Å². The molecule has 3 nitrogen and oxygen atoms in total. The number of aliphatic hydroxyl groups is 1. The fourth-order valence-electron chi connectivity index (χ4n) is 1.55. The highest BCUT2D eigenvalue weighted by molar-refractivity contribution is 5.11. The van der Waals surface area contributed by atoms with Gasteiger partial charge in [0.1, 0.15) is 0 Å². The number of aryl methyl sites for hydroxylation is 2. The highest BCUT2D eigenvalue weighted by Crippen LogP contribution is 2.11. The normalized spacial score (nSPS) is 13.1. The van der Waals surface area contributed by atoms with Crippen molar-refractivity contribution < 1.29 is 5.11 Å². The van der Waals surface area contributed by atoms with Gasteiger partial charge >= 0.3 is 0 Å². The van der Waals surface area contributed by atoms with Crippen molar-refractivity contribution in [3.8, 4) is 0 Å². The highest BCUT2D eigenvalue weighted by atomic mass is 16.3. The van der Waals surface area contributed by atoms with E-state index in [4.69, 9.17) is 5.11 Å². The van der Waals surface area contributed by atoms with Gasteiger partial charge in [-0.25, -0.2) is 0 Å². The second kappa shape index (κ2) is 5.15. The third-order valence-corrected chi connectivity index (χ3v) is 2.44. The van der Waals surface area contributed by atoms with Gasteiger partial charge in [-0.05, 0) is 31.7 Å². The van der Waals surface area contributed by atoms with E-state index in [1.807, 2.05) is 4.68 Å². The Labute approximate surface area is 85.8 Å². The van der Waals surface area contributed by atoms with Crippen LogP contribution in [0.2, 0.25) is 0 Å². The van der Waals surface area contributed by atoms with E-state index >= 15 is 0 Å². The van der Waals surface area contributed by atoms with Gasteiger partial charge in [0.05, 0.1) is 5.69 Å². The molecule has 1 heterocycles. The van der Waals surface area contributed by atoms with Crippen LogP contribution in [-0.2, 0) is 19.4 Å². The van der Waals surface area contributed by atoms with Crippen molar-refractivity contribution in [2.45, 2.75) is 40.2 Å². The van der Waals surface area contributed by atoms with Gasteiger partial charge in [0.15, 0.2) is 0 Å². The zero-order valence-electron chi connectivity index (χ0n) is 9.32. The fraction of sp³-hybridized carbons (Fsp3) is 0.727. The van der Waals surface area contributed by atoms with Crippen LogP contribution in [0.15, 0.2) is 6.07 Å². The summed E-state index contributed by atoms with van der Waals surface area (Å²) in [6.07, 6.45) is 1.89. The topological polar surface area (TPSA) is 38.0 Å². The molecule has 1 N–H and O–H groups in total. The largest absolute Gasteiger partial charge is 0.396 e. The lowest BCUT2D eigenvalue weighted by atomic mass is 10.1. The van der Waals surface area contributed by atoms with E-state index in [9.17, 15) is 0 Å². The summed E-state index contributed by atoms with van der Waals surface area (Å²) in [4.78, 5) is 0. The molecular weight excluding hydrogens is 176 g/mol. The lowest BCUT2D eigenvalue weighted by Gasteiger charge is -2.08. The molecule has 0 aliphatic rings. The quantitative estimate of drug-likeness (QED) is 0.777. The van der Waals surface area contributed by atoms with E-state index in [-0.39, 0.29) is 6.61 Å². The summed E-state index contributed by atoms with van der Waals surface area (Å²) >= 11 is 0. The molecule has 0 aromatic carbocycles. The summed E-state index contributed by atoms with van der Waals surface area (Å²) in [5.74, 6) is 0.321. The second-order valence-electron chi connectivity index (χ2n) is 3.79. The number of hydrogen-bond acceptors (Lipinski definition) is 2. The van der Waals surface area contributed by atoms with Crippen molar-refractivity contribution in [2.75, 3.05) is 6.61 Å². The zero-order chi connectivity index (χ0) is 10.6. The van der Waals surface area contributed by atoms with Crippen molar-refractivity contribution >= 4 is 0 Å². The smallest absolute Gasteiger partial charge is 0.0624 e. The van der Waals surface area contributed by atoms with Crippen molar-refractivity contribution in [3.63, 3.8) is 0 Å². The average molecular weight is 196 g/mol. The summed E-state index contributed by atoms with van der Waals surface area (Å²) in [6, 6.07) is 2.15. The minimum atomic E-state index is 0.246. The monoisotopic (exact) mass is 196 g/mol. The molecule has 0 radical (unpaired) electrons. The van der Waals surface area contributed by atoms with E-state index in [1.54, 1.807) is 0 Å². The average Bonchev–Trinajstić information content (AvgIpc) is 2.60. The predicted octanol–water partition coefficient (Wildman–Crippen LogP) is 1.64. The Morgan fingerprint density at radius 3 is 2.71 bits per heavy atom. The van der Waals surface area contributed by atoms with E-state index in [0.29, 0.717) is 5.92 Å². The first-order valence-corrected chi connectivity index (χ1v) is 5.37. The molecule has 14 heavy (non-hydrogen) atoms. The molecule has 0 amide bonds. The van der Waals surface area contributed by atoms with Gasteiger partial charge in [0, 0.05) is 18.8 Å². The van der Waals surface area contributed by atoms with Crippen LogP contribution in [0.25, 0.3) is 0 Å². The number of nitrogens with zero attached hydrogens (tertiary/aromatic N) is 2. The molecule has 0 fully saturated rings. The fourth-order valence-corrected chi connectivity index (χ4v) is 1.55. The van der Waals surface area contributed by atoms with Crippen molar-refractivity contribution in [2.24, 2.45) is 5.92 Å². The van der Waals surface area contributed by atoms with Gasteiger partial charge in [0.25, 0.3) is 0 Å². The Morgan fingerprint density at radius 2 is 2.21 bits per heavy atom. The number of aliphatic hydroxyl groups excluding tert-OH is 1. The third-order valence-electron chi connectivity index (χ3n) is 2.44. The minimum absolute atomic E-state index is 0.246. The van der Waals surface area contributed by atoms with Gasteiger partial charge in [-0.1, -0.05) is 13.8 Å². The Hall–Kier alpha value is -0.830. The lowest BCUT2D eigenvalue weighted by Crippen LogP contribution is -2.10. The number of aromatic nitrogens is 2. The SMILES string of the molecule is CCc1cc(CC(C)CO)n(CC)n1.